The Morgan fingerprint density at radius 2 is 1.71 bits per heavy atom. The van der Waals surface area contributed by atoms with Gasteiger partial charge in [-0.3, -0.25) is 0 Å². The van der Waals surface area contributed by atoms with Crippen LogP contribution in [0.5, 0.6) is 0 Å². The molecule has 0 heterocycles. The Kier molecular flexibility index (Phi) is 4.48. The quantitative estimate of drug-likeness (QED) is 0.739. The van der Waals surface area contributed by atoms with Crippen LogP contribution in [0.15, 0.2) is 0 Å². The van der Waals surface area contributed by atoms with Crippen molar-refractivity contribution in [2.45, 2.75) is 76.8 Å². The Morgan fingerprint density at radius 1 is 1.12 bits per heavy atom. The summed E-state index contributed by atoms with van der Waals surface area (Å²) < 4.78 is 0. The number of nitrogens with two attached hydrogens (primary N) is 1. The SMILES string of the molecule is CC(C)C1CC(CN)(NC2CCCCCC2)C1. The van der Waals surface area contributed by atoms with E-state index in [2.05, 4.69) is 19.2 Å². The number of hydrogen-bond acceptors (Lipinski definition) is 2. The van der Waals surface area contributed by atoms with E-state index in [4.69, 9.17) is 5.73 Å². The summed E-state index contributed by atoms with van der Waals surface area (Å²) in [4.78, 5) is 0. The Labute approximate surface area is 107 Å². The molecule has 2 aliphatic rings. The normalized spacial score (nSPS) is 35.6. The van der Waals surface area contributed by atoms with Gasteiger partial charge in [0.05, 0.1) is 0 Å². The highest BCUT2D eigenvalue weighted by molar-refractivity contribution is 5.04. The van der Waals surface area contributed by atoms with Crippen molar-refractivity contribution in [3.8, 4) is 0 Å². The average Bonchev–Trinajstić information content (AvgIpc) is 2.50. The highest BCUT2D eigenvalue weighted by Gasteiger charge is 2.44. The molecule has 17 heavy (non-hydrogen) atoms. The van der Waals surface area contributed by atoms with Crippen LogP contribution in [-0.4, -0.2) is 18.1 Å². The van der Waals surface area contributed by atoms with Gasteiger partial charge in [-0.2, -0.15) is 0 Å². The van der Waals surface area contributed by atoms with Crippen molar-refractivity contribution in [2.75, 3.05) is 6.54 Å². The maximum absolute atomic E-state index is 6.02. The molecule has 0 bridgehead atoms. The lowest BCUT2D eigenvalue weighted by atomic mass is 9.63. The lowest BCUT2D eigenvalue weighted by Gasteiger charge is -2.51. The van der Waals surface area contributed by atoms with Crippen molar-refractivity contribution < 1.29 is 0 Å². The summed E-state index contributed by atoms with van der Waals surface area (Å²) in [5, 5.41) is 3.92. The van der Waals surface area contributed by atoms with Gasteiger partial charge in [-0.1, -0.05) is 39.5 Å². The second-order valence-corrected chi connectivity index (χ2v) is 6.73. The van der Waals surface area contributed by atoms with Crippen molar-refractivity contribution in [3.05, 3.63) is 0 Å². The Balaban J connectivity index is 1.83. The topological polar surface area (TPSA) is 38.0 Å². The lowest BCUT2D eigenvalue weighted by Crippen LogP contribution is -2.63. The summed E-state index contributed by atoms with van der Waals surface area (Å²) in [5.74, 6) is 1.72. The molecule has 2 aliphatic carbocycles. The van der Waals surface area contributed by atoms with Crippen LogP contribution in [-0.2, 0) is 0 Å². The number of nitrogens with one attached hydrogen (secondary N) is 1. The Bertz CT molecular complexity index is 223. The number of hydrogen-bond donors (Lipinski definition) is 2. The van der Waals surface area contributed by atoms with Crippen molar-refractivity contribution >= 4 is 0 Å². The van der Waals surface area contributed by atoms with Gasteiger partial charge in [-0.25, -0.2) is 0 Å². The fraction of sp³-hybridized carbons (Fsp3) is 1.00. The fourth-order valence-corrected chi connectivity index (χ4v) is 3.62. The fourth-order valence-electron chi connectivity index (χ4n) is 3.62. The van der Waals surface area contributed by atoms with Crippen LogP contribution in [0.3, 0.4) is 0 Å². The highest BCUT2D eigenvalue weighted by atomic mass is 15.1. The first-order valence-electron chi connectivity index (χ1n) is 7.63. The van der Waals surface area contributed by atoms with Crippen molar-refractivity contribution in [3.63, 3.8) is 0 Å². The highest BCUT2D eigenvalue weighted by Crippen LogP contribution is 2.42. The molecule has 0 atom stereocenters. The molecular weight excluding hydrogens is 208 g/mol. The first kappa shape index (κ1) is 13.4. The third-order valence-corrected chi connectivity index (χ3v) is 5.00. The molecule has 0 aromatic heterocycles. The van der Waals surface area contributed by atoms with Gasteiger partial charge in [-0.05, 0) is 37.5 Å². The van der Waals surface area contributed by atoms with E-state index in [9.17, 15) is 0 Å². The van der Waals surface area contributed by atoms with Gasteiger partial charge in [0.1, 0.15) is 0 Å². The molecule has 0 radical (unpaired) electrons. The summed E-state index contributed by atoms with van der Waals surface area (Å²) in [6.07, 6.45) is 11.0. The maximum atomic E-state index is 6.02. The van der Waals surface area contributed by atoms with E-state index in [1.54, 1.807) is 0 Å². The van der Waals surface area contributed by atoms with Gasteiger partial charge >= 0.3 is 0 Å². The molecule has 0 aliphatic heterocycles. The predicted molar refractivity (Wildman–Crippen MR) is 74.0 cm³/mol. The molecule has 0 aromatic rings. The van der Waals surface area contributed by atoms with Crippen LogP contribution in [0.25, 0.3) is 0 Å². The molecule has 0 saturated heterocycles. The van der Waals surface area contributed by atoms with Crippen molar-refractivity contribution in [1.29, 1.82) is 0 Å². The maximum Gasteiger partial charge on any atom is 0.0311 e. The zero-order valence-electron chi connectivity index (χ0n) is 11.7. The lowest BCUT2D eigenvalue weighted by molar-refractivity contribution is 0.0633. The van der Waals surface area contributed by atoms with Crippen LogP contribution in [0.2, 0.25) is 0 Å². The zero-order valence-corrected chi connectivity index (χ0v) is 11.7. The van der Waals surface area contributed by atoms with Crippen molar-refractivity contribution in [2.24, 2.45) is 17.6 Å². The summed E-state index contributed by atoms with van der Waals surface area (Å²) in [6.45, 7) is 5.51. The third kappa shape index (κ3) is 3.23. The molecule has 2 nitrogen and oxygen atoms in total. The van der Waals surface area contributed by atoms with Gasteiger partial charge < -0.3 is 11.1 Å². The third-order valence-electron chi connectivity index (χ3n) is 5.00. The van der Waals surface area contributed by atoms with E-state index in [0.717, 1.165) is 24.4 Å². The van der Waals surface area contributed by atoms with Crippen LogP contribution < -0.4 is 11.1 Å². The number of rotatable bonds is 4. The molecule has 0 spiro atoms. The second-order valence-electron chi connectivity index (χ2n) is 6.73. The molecule has 0 aromatic carbocycles. The second kappa shape index (κ2) is 5.71. The van der Waals surface area contributed by atoms with E-state index >= 15 is 0 Å². The summed E-state index contributed by atoms with van der Waals surface area (Å²) in [7, 11) is 0. The minimum atomic E-state index is 0.296. The van der Waals surface area contributed by atoms with Gasteiger partial charge in [0.15, 0.2) is 0 Å². The van der Waals surface area contributed by atoms with E-state index in [1.165, 1.54) is 51.4 Å². The summed E-state index contributed by atoms with van der Waals surface area (Å²) in [6, 6.07) is 0.745. The summed E-state index contributed by atoms with van der Waals surface area (Å²) in [5.41, 5.74) is 6.32. The van der Waals surface area contributed by atoms with Crippen LogP contribution in [0.4, 0.5) is 0 Å². The minimum absolute atomic E-state index is 0.296. The average molecular weight is 238 g/mol. The smallest absolute Gasteiger partial charge is 0.0311 e. The van der Waals surface area contributed by atoms with E-state index in [-0.39, 0.29) is 0 Å². The largest absolute Gasteiger partial charge is 0.329 e. The first-order valence-corrected chi connectivity index (χ1v) is 7.63. The Hall–Kier alpha value is -0.0800. The van der Waals surface area contributed by atoms with Gasteiger partial charge in [0, 0.05) is 18.1 Å². The zero-order chi connectivity index (χ0) is 12.3. The molecule has 2 fully saturated rings. The minimum Gasteiger partial charge on any atom is -0.329 e. The van der Waals surface area contributed by atoms with E-state index in [0.29, 0.717) is 5.54 Å². The predicted octanol–water partition coefficient (Wildman–Crippen LogP) is 3.06. The molecule has 100 valence electrons. The molecule has 2 saturated carbocycles. The van der Waals surface area contributed by atoms with Crippen molar-refractivity contribution in [1.82, 2.24) is 5.32 Å². The van der Waals surface area contributed by atoms with Crippen LogP contribution in [0, 0.1) is 11.8 Å². The van der Waals surface area contributed by atoms with E-state index in [1.807, 2.05) is 0 Å². The Morgan fingerprint density at radius 3 is 2.18 bits per heavy atom. The first-order chi connectivity index (χ1) is 8.15. The summed E-state index contributed by atoms with van der Waals surface area (Å²) >= 11 is 0. The molecule has 2 rings (SSSR count). The van der Waals surface area contributed by atoms with Gasteiger partial charge in [0.2, 0.25) is 0 Å². The van der Waals surface area contributed by atoms with Gasteiger partial charge in [-0.15, -0.1) is 0 Å². The van der Waals surface area contributed by atoms with Gasteiger partial charge in [0.25, 0.3) is 0 Å². The monoisotopic (exact) mass is 238 g/mol. The van der Waals surface area contributed by atoms with Crippen LogP contribution in [0.1, 0.15) is 65.2 Å². The van der Waals surface area contributed by atoms with Crippen LogP contribution >= 0.6 is 0 Å². The molecule has 0 unspecified atom stereocenters. The molecule has 2 heteroatoms. The molecular formula is C15H30N2. The molecule has 0 amide bonds. The standard InChI is InChI=1S/C15H30N2/c1-12(2)13-9-15(10-13,11-16)17-14-7-5-3-4-6-8-14/h12-14,17H,3-11,16H2,1-2H3. The molecule has 3 N–H and O–H groups in total. The van der Waals surface area contributed by atoms with E-state index < -0.39 is 0 Å².